The molecule has 0 aliphatic carbocycles. The third-order valence-corrected chi connectivity index (χ3v) is 7.35. The lowest BCUT2D eigenvalue weighted by Crippen LogP contribution is -2.26. The summed E-state index contributed by atoms with van der Waals surface area (Å²) in [6.07, 6.45) is -1.78. The van der Waals surface area contributed by atoms with Crippen LogP contribution >= 0.6 is 11.5 Å². The van der Waals surface area contributed by atoms with Crippen LogP contribution < -0.4 is 9.04 Å². The number of alkyl halides is 3. The number of halogens is 3. The van der Waals surface area contributed by atoms with Gasteiger partial charge < -0.3 is 9.72 Å². The molecule has 0 spiro atoms. The molecule has 162 valence electrons. The number of aromatic nitrogens is 3. The number of sulfonamides is 1. The van der Waals surface area contributed by atoms with Crippen LogP contribution in [-0.2, 0) is 16.2 Å². The van der Waals surface area contributed by atoms with Crippen molar-refractivity contribution in [3.63, 3.8) is 0 Å². The number of methoxy groups -OCH3 is 1. The molecule has 1 N–H and O–H groups in total. The Morgan fingerprint density at radius 1 is 1.16 bits per heavy atom. The number of fused-ring (bicyclic) bond motifs is 1. The van der Waals surface area contributed by atoms with Crippen molar-refractivity contribution >= 4 is 37.6 Å². The molecular weight excluding hydrogens is 453 g/mol. The minimum Gasteiger partial charge on any atom is -0.496 e. The van der Waals surface area contributed by atoms with Crippen molar-refractivity contribution in [1.82, 2.24) is 14.3 Å². The molecule has 0 aliphatic rings. The van der Waals surface area contributed by atoms with Crippen molar-refractivity contribution in [2.24, 2.45) is 0 Å². The van der Waals surface area contributed by atoms with E-state index in [1.807, 2.05) is 0 Å². The van der Waals surface area contributed by atoms with Crippen LogP contribution in [0.3, 0.4) is 0 Å². The summed E-state index contributed by atoms with van der Waals surface area (Å²) in [7, 11) is -1.34. The third-order valence-electron chi connectivity index (χ3n) is 4.75. The summed E-state index contributed by atoms with van der Waals surface area (Å²) in [6, 6.07) is 8.17. The summed E-state index contributed by atoms with van der Waals surface area (Å²) < 4.78 is 75.6. The first-order valence-electron chi connectivity index (χ1n) is 8.75. The summed E-state index contributed by atoms with van der Waals surface area (Å²) in [6.45, 7) is 0. The monoisotopic (exact) mass is 468 g/mol. The van der Waals surface area contributed by atoms with E-state index in [2.05, 4.69) is 14.3 Å². The molecule has 31 heavy (non-hydrogen) atoms. The molecule has 0 saturated heterocycles. The number of aromatic amines is 1. The highest BCUT2D eigenvalue weighted by Gasteiger charge is 2.34. The zero-order chi connectivity index (χ0) is 22.4. The number of ether oxygens (including phenoxy) is 1. The van der Waals surface area contributed by atoms with Crippen LogP contribution in [0.25, 0.3) is 22.0 Å². The number of hydrogen-bond acceptors (Lipinski definition) is 6. The quantitative estimate of drug-likeness (QED) is 0.465. The average Bonchev–Trinajstić information content (AvgIpc) is 3.41. The number of nitrogens with one attached hydrogen (secondary N) is 1. The van der Waals surface area contributed by atoms with E-state index in [1.165, 1.54) is 50.9 Å². The molecular formula is C19H15F3N4O3S2. The van der Waals surface area contributed by atoms with Crippen molar-refractivity contribution in [3.05, 3.63) is 54.5 Å². The van der Waals surface area contributed by atoms with Crippen molar-refractivity contribution < 1.29 is 26.3 Å². The summed E-state index contributed by atoms with van der Waals surface area (Å²) in [5, 5.41) is 0.793. The molecule has 0 radical (unpaired) electrons. The molecule has 12 heteroatoms. The van der Waals surface area contributed by atoms with Crippen LogP contribution in [0.15, 0.2) is 53.8 Å². The van der Waals surface area contributed by atoms with Crippen LogP contribution in [0.4, 0.5) is 18.3 Å². The van der Waals surface area contributed by atoms with Gasteiger partial charge in [-0.2, -0.15) is 17.5 Å². The number of anilines is 1. The maximum absolute atomic E-state index is 13.4. The van der Waals surface area contributed by atoms with Gasteiger partial charge in [-0.1, -0.05) is 12.1 Å². The van der Waals surface area contributed by atoms with Gasteiger partial charge in [-0.05, 0) is 29.8 Å². The molecule has 0 fully saturated rings. The number of rotatable bonds is 5. The van der Waals surface area contributed by atoms with Gasteiger partial charge in [0, 0.05) is 41.2 Å². The number of hydrogen-bond donors (Lipinski definition) is 1. The van der Waals surface area contributed by atoms with Crippen LogP contribution in [-0.4, -0.2) is 36.9 Å². The minimum absolute atomic E-state index is 0.0109. The van der Waals surface area contributed by atoms with Gasteiger partial charge in [0.1, 0.15) is 12.1 Å². The summed E-state index contributed by atoms with van der Waals surface area (Å²) in [5.74, 6) is -0.274. The van der Waals surface area contributed by atoms with Crippen LogP contribution in [0.1, 0.15) is 5.56 Å². The highest BCUT2D eigenvalue weighted by atomic mass is 32.2. The zero-order valence-electron chi connectivity index (χ0n) is 16.1. The molecule has 7 nitrogen and oxygen atoms in total. The maximum atomic E-state index is 13.4. The highest BCUT2D eigenvalue weighted by molar-refractivity contribution is 7.93. The second-order valence-corrected chi connectivity index (χ2v) is 9.25. The summed E-state index contributed by atoms with van der Waals surface area (Å²) in [4.78, 5) is 6.85. The van der Waals surface area contributed by atoms with Gasteiger partial charge in [0.2, 0.25) is 5.13 Å². The molecule has 0 atom stereocenters. The lowest BCUT2D eigenvalue weighted by Gasteiger charge is -2.16. The molecule has 0 amide bonds. The fraction of sp³-hybridized carbons (Fsp3) is 0.158. The maximum Gasteiger partial charge on any atom is 0.419 e. The van der Waals surface area contributed by atoms with Crippen molar-refractivity contribution in [2.45, 2.75) is 11.1 Å². The molecule has 0 aliphatic heterocycles. The molecule has 4 rings (SSSR count). The molecule has 2 aromatic heterocycles. The largest absolute Gasteiger partial charge is 0.496 e. The van der Waals surface area contributed by atoms with E-state index in [0.717, 1.165) is 21.9 Å². The van der Waals surface area contributed by atoms with Gasteiger partial charge >= 0.3 is 6.18 Å². The van der Waals surface area contributed by atoms with E-state index >= 15 is 0 Å². The predicted octanol–water partition coefficient (Wildman–Crippen LogP) is 4.54. The Hall–Kier alpha value is -3.12. The van der Waals surface area contributed by atoms with Gasteiger partial charge in [-0.3, -0.25) is 0 Å². The molecule has 4 aromatic rings. The van der Waals surface area contributed by atoms with Crippen LogP contribution in [0.5, 0.6) is 5.75 Å². The van der Waals surface area contributed by atoms with Gasteiger partial charge in [-0.15, -0.1) is 0 Å². The Labute approximate surface area is 179 Å². The Morgan fingerprint density at radius 3 is 2.58 bits per heavy atom. The van der Waals surface area contributed by atoms with E-state index < -0.39 is 21.8 Å². The van der Waals surface area contributed by atoms with Crippen molar-refractivity contribution in [3.8, 4) is 16.9 Å². The third kappa shape index (κ3) is 3.72. The second-order valence-electron chi connectivity index (χ2n) is 6.52. The van der Waals surface area contributed by atoms with E-state index in [1.54, 1.807) is 6.07 Å². The molecule has 2 aromatic carbocycles. The van der Waals surface area contributed by atoms with Crippen LogP contribution in [0.2, 0.25) is 0 Å². The van der Waals surface area contributed by atoms with Gasteiger partial charge in [0.05, 0.1) is 17.6 Å². The fourth-order valence-corrected chi connectivity index (χ4v) is 5.04. The zero-order valence-corrected chi connectivity index (χ0v) is 17.8. The van der Waals surface area contributed by atoms with E-state index in [0.29, 0.717) is 22.0 Å². The first kappa shape index (κ1) is 21.1. The van der Waals surface area contributed by atoms with E-state index in [-0.39, 0.29) is 15.8 Å². The first-order valence-corrected chi connectivity index (χ1v) is 11.0. The Morgan fingerprint density at radius 2 is 1.94 bits per heavy atom. The molecule has 2 heterocycles. The lowest BCUT2D eigenvalue weighted by atomic mass is 10.0. The van der Waals surface area contributed by atoms with Gasteiger partial charge in [-0.25, -0.2) is 17.7 Å². The minimum atomic E-state index is -4.58. The van der Waals surface area contributed by atoms with Gasteiger partial charge in [0.15, 0.2) is 0 Å². The van der Waals surface area contributed by atoms with E-state index in [4.69, 9.17) is 4.74 Å². The van der Waals surface area contributed by atoms with Crippen LogP contribution in [0, 0.1) is 0 Å². The lowest BCUT2D eigenvalue weighted by molar-refractivity contribution is -0.138. The van der Waals surface area contributed by atoms with Gasteiger partial charge in [0.25, 0.3) is 10.0 Å². The summed E-state index contributed by atoms with van der Waals surface area (Å²) in [5.41, 5.74) is 0.399. The highest BCUT2D eigenvalue weighted by Crippen LogP contribution is 2.40. The Kier molecular flexibility index (Phi) is 5.13. The summed E-state index contributed by atoms with van der Waals surface area (Å²) >= 11 is 0.940. The standard InChI is InChI=1S/C19H15F3N4O3S2/c1-26(18-24-10-25-30-18)31(27,28)12-4-5-13-14(9-23-16(13)8-12)11-3-6-17(29-2)15(7-11)19(20,21)22/h3-10,23H,1-2H3. The smallest absolute Gasteiger partial charge is 0.419 e. The average molecular weight is 468 g/mol. The molecule has 0 unspecified atom stereocenters. The normalized spacial score (nSPS) is 12.3. The number of nitrogens with zero attached hydrogens (tertiary/aromatic N) is 3. The second kappa shape index (κ2) is 7.54. The first-order chi connectivity index (χ1) is 14.6. The van der Waals surface area contributed by atoms with E-state index in [9.17, 15) is 21.6 Å². The topological polar surface area (TPSA) is 88.2 Å². The predicted molar refractivity (Wildman–Crippen MR) is 111 cm³/mol. The van der Waals surface area contributed by atoms with Crippen molar-refractivity contribution in [1.29, 1.82) is 0 Å². The van der Waals surface area contributed by atoms with Crippen molar-refractivity contribution in [2.75, 3.05) is 18.5 Å². The Bertz CT molecular complexity index is 1350. The SMILES string of the molecule is COc1ccc(-c2c[nH]c3cc(S(=O)(=O)N(C)c4ncns4)ccc23)cc1C(F)(F)F. The number of benzene rings is 2. The Balaban J connectivity index is 1.77. The fourth-order valence-electron chi connectivity index (χ4n) is 3.17. The number of H-pyrrole nitrogens is 1. The molecule has 0 saturated carbocycles. The molecule has 0 bridgehead atoms.